The molecule has 168 valence electrons. The molecule has 3 rings (SSSR count). The topological polar surface area (TPSA) is 66.9 Å². The molecule has 2 aromatic carbocycles. The number of sulfonamides is 1. The number of hydrogen-bond donors (Lipinski definition) is 0. The van der Waals surface area contributed by atoms with Gasteiger partial charge in [0, 0.05) is 32.2 Å². The van der Waals surface area contributed by atoms with Crippen LogP contribution in [0.3, 0.4) is 0 Å². The molecule has 0 radical (unpaired) electrons. The number of nitrogens with zero attached hydrogens (tertiary/aromatic N) is 2. The van der Waals surface area contributed by atoms with E-state index >= 15 is 0 Å². The first kappa shape index (κ1) is 23.3. The van der Waals surface area contributed by atoms with Gasteiger partial charge >= 0.3 is 0 Å². The number of amides is 1. The number of rotatable bonds is 8. The van der Waals surface area contributed by atoms with Crippen molar-refractivity contribution in [3.63, 3.8) is 0 Å². The minimum absolute atomic E-state index is 0.0558. The SMILES string of the molecule is CCOc1ccc(CN(C)C(=O)c2ccc(S(=O)(=O)N(C)C3CCCCC3)cc2)cc1. The van der Waals surface area contributed by atoms with Gasteiger partial charge in [-0.2, -0.15) is 4.31 Å². The van der Waals surface area contributed by atoms with Crippen molar-refractivity contribution >= 4 is 15.9 Å². The summed E-state index contributed by atoms with van der Waals surface area (Å²) in [6.07, 6.45) is 5.12. The zero-order chi connectivity index (χ0) is 22.4. The summed E-state index contributed by atoms with van der Waals surface area (Å²) >= 11 is 0. The number of ether oxygens (including phenoxy) is 1. The van der Waals surface area contributed by atoms with Crippen LogP contribution in [0, 0.1) is 0 Å². The van der Waals surface area contributed by atoms with Crippen LogP contribution in [-0.2, 0) is 16.6 Å². The van der Waals surface area contributed by atoms with E-state index in [1.165, 1.54) is 22.9 Å². The van der Waals surface area contributed by atoms with Crippen LogP contribution in [0.1, 0.15) is 54.9 Å². The lowest BCUT2D eigenvalue weighted by atomic mass is 9.96. The predicted molar refractivity (Wildman–Crippen MR) is 122 cm³/mol. The van der Waals surface area contributed by atoms with Gasteiger partial charge in [0.25, 0.3) is 5.91 Å². The third-order valence-corrected chi connectivity index (χ3v) is 7.79. The van der Waals surface area contributed by atoms with Crippen LogP contribution in [-0.4, -0.2) is 50.3 Å². The molecule has 1 aliphatic rings. The van der Waals surface area contributed by atoms with Crippen molar-refractivity contribution in [1.29, 1.82) is 0 Å². The monoisotopic (exact) mass is 444 g/mol. The maximum atomic E-state index is 13.0. The first-order valence-corrected chi connectivity index (χ1v) is 12.3. The van der Waals surface area contributed by atoms with Crippen molar-refractivity contribution in [2.45, 2.75) is 56.5 Å². The van der Waals surface area contributed by atoms with Crippen molar-refractivity contribution in [2.75, 3.05) is 20.7 Å². The number of hydrogen-bond acceptors (Lipinski definition) is 4. The Morgan fingerprint density at radius 1 is 0.968 bits per heavy atom. The van der Waals surface area contributed by atoms with Crippen molar-refractivity contribution in [3.05, 3.63) is 59.7 Å². The second-order valence-corrected chi connectivity index (χ2v) is 10.1. The van der Waals surface area contributed by atoms with Crippen LogP contribution in [0.2, 0.25) is 0 Å². The molecule has 7 heteroatoms. The van der Waals surface area contributed by atoms with Crippen molar-refractivity contribution < 1.29 is 17.9 Å². The molecule has 0 bridgehead atoms. The third kappa shape index (κ3) is 5.66. The van der Waals surface area contributed by atoms with Crippen LogP contribution in [0.25, 0.3) is 0 Å². The average molecular weight is 445 g/mol. The van der Waals surface area contributed by atoms with Crippen LogP contribution in [0.15, 0.2) is 53.4 Å². The molecule has 0 spiro atoms. The fourth-order valence-corrected chi connectivity index (χ4v) is 5.42. The summed E-state index contributed by atoms with van der Waals surface area (Å²) in [4.78, 5) is 14.6. The minimum atomic E-state index is -3.56. The van der Waals surface area contributed by atoms with Gasteiger partial charge in [0.2, 0.25) is 10.0 Å². The minimum Gasteiger partial charge on any atom is -0.494 e. The number of benzene rings is 2. The van der Waals surface area contributed by atoms with E-state index in [9.17, 15) is 13.2 Å². The van der Waals surface area contributed by atoms with Gasteiger partial charge < -0.3 is 9.64 Å². The molecule has 6 nitrogen and oxygen atoms in total. The molecule has 1 saturated carbocycles. The van der Waals surface area contributed by atoms with Crippen LogP contribution in [0.5, 0.6) is 5.75 Å². The lowest BCUT2D eigenvalue weighted by molar-refractivity contribution is 0.0785. The van der Waals surface area contributed by atoms with E-state index in [0.29, 0.717) is 18.7 Å². The molecule has 0 aliphatic heterocycles. The first-order valence-electron chi connectivity index (χ1n) is 10.9. The Morgan fingerprint density at radius 3 is 2.16 bits per heavy atom. The quantitative estimate of drug-likeness (QED) is 0.608. The molecule has 0 N–H and O–H groups in total. The maximum Gasteiger partial charge on any atom is 0.253 e. The van der Waals surface area contributed by atoms with Gasteiger partial charge in [-0.15, -0.1) is 0 Å². The van der Waals surface area contributed by atoms with Crippen molar-refractivity contribution in [3.8, 4) is 5.75 Å². The summed E-state index contributed by atoms with van der Waals surface area (Å²) in [6, 6.07) is 14.0. The first-order chi connectivity index (χ1) is 14.8. The average Bonchev–Trinajstić information content (AvgIpc) is 2.80. The molecule has 0 aromatic heterocycles. The van der Waals surface area contributed by atoms with E-state index in [4.69, 9.17) is 4.74 Å². The molecule has 2 aromatic rings. The van der Waals surface area contributed by atoms with E-state index in [1.54, 1.807) is 31.1 Å². The maximum absolute atomic E-state index is 13.0. The van der Waals surface area contributed by atoms with Crippen molar-refractivity contribution in [1.82, 2.24) is 9.21 Å². The Morgan fingerprint density at radius 2 is 1.58 bits per heavy atom. The van der Waals surface area contributed by atoms with Gasteiger partial charge in [-0.3, -0.25) is 4.79 Å². The summed E-state index contributed by atoms with van der Waals surface area (Å²) in [6.45, 7) is 3.00. The molecular formula is C24H32N2O4S. The molecule has 1 amide bonds. The highest BCUT2D eigenvalue weighted by Crippen LogP contribution is 2.26. The Kier molecular flexibility index (Phi) is 7.73. The Hall–Kier alpha value is -2.38. The molecule has 0 saturated heterocycles. The molecule has 0 heterocycles. The van der Waals surface area contributed by atoms with E-state index < -0.39 is 10.0 Å². The van der Waals surface area contributed by atoms with Gasteiger partial charge in [-0.05, 0) is 61.7 Å². The van der Waals surface area contributed by atoms with Gasteiger partial charge in [-0.1, -0.05) is 31.4 Å². The van der Waals surface area contributed by atoms with Crippen molar-refractivity contribution in [2.24, 2.45) is 0 Å². The number of carbonyl (C=O) groups is 1. The number of carbonyl (C=O) groups excluding carboxylic acids is 1. The van der Waals surface area contributed by atoms with E-state index in [0.717, 1.165) is 37.0 Å². The van der Waals surface area contributed by atoms with Gasteiger partial charge in [-0.25, -0.2) is 8.42 Å². The summed E-state index contributed by atoms with van der Waals surface area (Å²) in [5.74, 6) is 0.647. The Labute approximate surface area is 185 Å². The zero-order valence-electron chi connectivity index (χ0n) is 18.6. The second kappa shape index (κ2) is 10.3. The third-order valence-electron chi connectivity index (χ3n) is 5.87. The molecule has 0 unspecified atom stereocenters. The van der Waals surface area contributed by atoms with E-state index in [1.807, 2.05) is 31.2 Å². The molecule has 1 aliphatic carbocycles. The summed E-state index contributed by atoms with van der Waals surface area (Å²) in [5, 5.41) is 0. The highest BCUT2D eigenvalue weighted by Gasteiger charge is 2.29. The van der Waals surface area contributed by atoms with Crippen LogP contribution >= 0.6 is 0 Å². The fraction of sp³-hybridized carbons (Fsp3) is 0.458. The zero-order valence-corrected chi connectivity index (χ0v) is 19.4. The molecule has 1 fully saturated rings. The molecule has 31 heavy (non-hydrogen) atoms. The smallest absolute Gasteiger partial charge is 0.253 e. The lowest BCUT2D eigenvalue weighted by Gasteiger charge is -2.30. The normalized spacial score (nSPS) is 15.1. The standard InChI is InChI=1S/C24H32N2O4S/c1-4-30-22-14-10-19(11-15-22)18-25(2)24(27)20-12-16-23(17-13-20)31(28,29)26(3)21-8-6-5-7-9-21/h10-17,21H,4-9,18H2,1-3H3. The Bertz CT molecular complexity index is 966. The van der Waals surface area contributed by atoms with Gasteiger partial charge in [0.1, 0.15) is 5.75 Å². The highest BCUT2D eigenvalue weighted by molar-refractivity contribution is 7.89. The lowest BCUT2D eigenvalue weighted by Crippen LogP contribution is -2.38. The molecule has 0 atom stereocenters. The summed E-state index contributed by atoms with van der Waals surface area (Å²) in [7, 11) is -0.164. The largest absolute Gasteiger partial charge is 0.494 e. The van der Waals surface area contributed by atoms with E-state index in [-0.39, 0.29) is 16.8 Å². The predicted octanol–water partition coefficient (Wildman–Crippen LogP) is 4.31. The molecular weight excluding hydrogens is 412 g/mol. The summed E-state index contributed by atoms with van der Waals surface area (Å²) < 4.78 is 32.9. The van der Waals surface area contributed by atoms with E-state index in [2.05, 4.69) is 0 Å². The van der Waals surface area contributed by atoms with Crippen LogP contribution < -0.4 is 4.74 Å². The highest BCUT2D eigenvalue weighted by atomic mass is 32.2. The fourth-order valence-electron chi connectivity index (χ4n) is 4.00. The second-order valence-electron chi connectivity index (χ2n) is 8.08. The van der Waals surface area contributed by atoms with Crippen LogP contribution in [0.4, 0.5) is 0 Å². The Balaban J connectivity index is 1.66. The van der Waals surface area contributed by atoms with Gasteiger partial charge in [0.15, 0.2) is 0 Å². The van der Waals surface area contributed by atoms with Gasteiger partial charge in [0.05, 0.1) is 11.5 Å². The summed E-state index contributed by atoms with van der Waals surface area (Å²) in [5.41, 5.74) is 1.46.